The summed E-state index contributed by atoms with van der Waals surface area (Å²) >= 11 is 0. The lowest BCUT2D eigenvalue weighted by molar-refractivity contribution is -0.139. The van der Waals surface area contributed by atoms with E-state index in [4.69, 9.17) is 15.6 Å². The van der Waals surface area contributed by atoms with Crippen molar-refractivity contribution in [3.05, 3.63) is 29.8 Å². The Hall–Kier alpha value is -2.57. The van der Waals surface area contributed by atoms with Crippen molar-refractivity contribution in [2.24, 2.45) is 11.7 Å². The van der Waals surface area contributed by atoms with Crippen LogP contribution in [0.2, 0.25) is 0 Å². The van der Waals surface area contributed by atoms with Crippen molar-refractivity contribution in [2.75, 3.05) is 19.7 Å². The van der Waals surface area contributed by atoms with E-state index in [0.29, 0.717) is 12.1 Å². The third-order valence-corrected chi connectivity index (χ3v) is 2.66. The third-order valence-electron chi connectivity index (χ3n) is 2.66. The normalized spacial score (nSPS) is 10.3. The van der Waals surface area contributed by atoms with E-state index in [1.165, 1.54) is 11.0 Å². The van der Waals surface area contributed by atoms with E-state index in [1.807, 2.05) is 13.8 Å². The fourth-order valence-corrected chi connectivity index (χ4v) is 1.89. The van der Waals surface area contributed by atoms with Crippen molar-refractivity contribution in [2.45, 2.75) is 13.8 Å². The first kappa shape index (κ1) is 17.5. The number of primary amides is 1. The van der Waals surface area contributed by atoms with E-state index in [1.54, 1.807) is 18.2 Å². The maximum atomic E-state index is 12.5. The van der Waals surface area contributed by atoms with Gasteiger partial charge in [-0.25, -0.2) is 4.79 Å². The molecule has 0 spiro atoms. The second kappa shape index (κ2) is 8.02. The Bertz CT molecular complexity index is 557. The maximum absolute atomic E-state index is 12.5. The summed E-state index contributed by atoms with van der Waals surface area (Å²) in [5.41, 5.74) is 5.48. The number of aliphatic carboxylic acids is 1. The van der Waals surface area contributed by atoms with Crippen molar-refractivity contribution >= 4 is 17.8 Å². The molecule has 0 fully saturated rings. The van der Waals surface area contributed by atoms with Crippen LogP contribution in [0.5, 0.6) is 5.75 Å². The zero-order valence-electron chi connectivity index (χ0n) is 12.6. The summed E-state index contributed by atoms with van der Waals surface area (Å²) in [6.45, 7) is 3.58. The minimum atomic E-state index is -1.10. The molecule has 0 atom stereocenters. The second-order valence-electron chi connectivity index (χ2n) is 5.26. The molecule has 7 heteroatoms. The largest absolute Gasteiger partial charge is 0.482 e. The first-order valence-corrected chi connectivity index (χ1v) is 6.81. The minimum absolute atomic E-state index is 0.169. The molecular weight excluding hydrogens is 288 g/mol. The van der Waals surface area contributed by atoms with E-state index in [0.717, 1.165) is 0 Å². The lowest BCUT2D eigenvalue weighted by atomic mass is 10.1. The predicted octanol–water partition coefficient (Wildman–Crippen LogP) is 0.733. The Morgan fingerprint density at radius 2 is 2.00 bits per heavy atom. The summed E-state index contributed by atoms with van der Waals surface area (Å²) in [6, 6.07) is 6.16. The summed E-state index contributed by atoms with van der Waals surface area (Å²) in [5, 5.41) is 8.59. The SMILES string of the molecule is CC(C)CN(CC(N)=O)C(=O)c1cccc(OCC(=O)O)c1. The Morgan fingerprint density at radius 1 is 1.32 bits per heavy atom. The number of nitrogens with two attached hydrogens (primary N) is 1. The highest BCUT2D eigenvalue weighted by Crippen LogP contribution is 2.15. The number of carbonyl (C=O) groups is 3. The quantitative estimate of drug-likeness (QED) is 0.735. The van der Waals surface area contributed by atoms with Crippen LogP contribution in [0.25, 0.3) is 0 Å². The van der Waals surface area contributed by atoms with Gasteiger partial charge in [0.1, 0.15) is 5.75 Å². The first-order chi connectivity index (χ1) is 10.3. The topological polar surface area (TPSA) is 110 Å². The molecule has 2 amide bonds. The van der Waals surface area contributed by atoms with Gasteiger partial charge in [-0.05, 0) is 24.1 Å². The molecule has 0 radical (unpaired) electrons. The fourth-order valence-electron chi connectivity index (χ4n) is 1.89. The number of rotatable bonds is 8. The lowest BCUT2D eigenvalue weighted by Crippen LogP contribution is -2.40. The van der Waals surface area contributed by atoms with Crippen LogP contribution < -0.4 is 10.5 Å². The van der Waals surface area contributed by atoms with Crippen LogP contribution in [0.1, 0.15) is 24.2 Å². The summed E-state index contributed by atoms with van der Waals surface area (Å²) in [6.07, 6.45) is 0. The summed E-state index contributed by atoms with van der Waals surface area (Å²) < 4.78 is 5.04. The molecule has 0 aliphatic rings. The molecular formula is C15H20N2O5. The number of hydrogen-bond donors (Lipinski definition) is 2. The van der Waals surface area contributed by atoms with Gasteiger partial charge in [0.25, 0.3) is 5.91 Å². The van der Waals surface area contributed by atoms with Gasteiger partial charge in [-0.3, -0.25) is 9.59 Å². The molecule has 22 heavy (non-hydrogen) atoms. The summed E-state index contributed by atoms with van der Waals surface area (Å²) in [5.74, 6) is -1.60. The molecule has 0 saturated carbocycles. The van der Waals surface area contributed by atoms with Crippen LogP contribution in [0.4, 0.5) is 0 Å². The molecule has 120 valence electrons. The molecule has 7 nitrogen and oxygen atoms in total. The van der Waals surface area contributed by atoms with Gasteiger partial charge in [0.05, 0.1) is 6.54 Å². The third kappa shape index (κ3) is 5.82. The number of hydrogen-bond acceptors (Lipinski definition) is 4. The van der Waals surface area contributed by atoms with Crippen LogP contribution in [-0.4, -0.2) is 47.5 Å². The van der Waals surface area contributed by atoms with E-state index in [2.05, 4.69) is 0 Å². The molecule has 1 aromatic rings. The van der Waals surface area contributed by atoms with Gasteiger partial charge in [0.15, 0.2) is 6.61 Å². The second-order valence-corrected chi connectivity index (χ2v) is 5.26. The molecule has 0 aromatic heterocycles. The van der Waals surface area contributed by atoms with Crippen LogP contribution >= 0.6 is 0 Å². The van der Waals surface area contributed by atoms with Crippen LogP contribution in [0, 0.1) is 5.92 Å². The standard InChI is InChI=1S/C15H20N2O5/c1-10(2)7-17(8-13(16)18)15(21)11-4-3-5-12(6-11)22-9-14(19)20/h3-6,10H,7-9H2,1-2H3,(H2,16,18)(H,19,20). The number of nitrogens with zero attached hydrogens (tertiary/aromatic N) is 1. The van der Waals surface area contributed by atoms with Gasteiger partial charge < -0.3 is 20.5 Å². The minimum Gasteiger partial charge on any atom is -0.482 e. The van der Waals surface area contributed by atoms with E-state index in [-0.39, 0.29) is 24.1 Å². The highest BCUT2D eigenvalue weighted by atomic mass is 16.5. The van der Waals surface area contributed by atoms with E-state index in [9.17, 15) is 14.4 Å². The smallest absolute Gasteiger partial charge is 0.341 e. The lowest BCUT2D eigenvalue weighted by Gasteiger charge is -2.23. The van der Waals surface area contributed by atoms with E-state index < -0.39 is 18.5 Å². The van der Waals surface area contributed by atoms with Crippen molar-refractivity contribution in [1.82, 2.24) is 4.90 Å². The highest BCUT2D eigenvalue weighted by Gasteiger charge is 2.19. The van der Waals surface area contributed by atoms with Crippen LogP contribution in [0.15, 0.2) is 24.3 Å². The average Bonchev–Trinajstić information content (AvgIpc) is 2.43. The number of carboxylic acids is 1. The Morgan fingerprint density at radius 3 is 2.55 bits per heavy atom. The summed E-state index contributed by atoms with van der Waals surface area (Å²) in [4.78, 5) is 35.4. The molecule has 0 bridgehead atoms. The van der Waals surface area contributed by atoms with Gasteiger partial charge in [0, 0.05) is 12.1 Å². The predicted molar refractivity (Wildman–Crippen MR) is 79.5 cm³/mol. The molecule has 1 aromatic carbocycles. The number of amides is 2. The molecule has 3 N–H and O–H groups in total. The Labute approximate surface area is 128 Å². The van der Waals surface area contributed by atoms with Crippen molar-refractivity contribution in [1.29, 1.82) is 0 Å². The molecule has 0 unspecified atom stereocenters. The molecule has 0 saturated heterocycles. The molecule has 0 aliphatic heterocycles. The van der Waals surface area contributed by atoms with Gasteiger partial charge in [0.2, 0.25) is 5.91 Å². The molecule has 0 heterocycles. The van der Waals surface area contributed by atoms with Crippen LogP contribution in [0.3, 0.4) is 0 Å². The fraction of sp³-hybridized carbons (Fsp3) is 0.400. The zero-order valence-corrected chi connectivity index (χ0v) is 12.6. The van der Waals surface area contributed by atoms with E-state index >= 15 is 0 Å². The maximum Gasteiger partial charge on any atom is 0.341 e. The molecule has 0 aliphatic carbocycles. The Kier molecular flexibility index (Phi) is 6.37. The first-order valence-electron chi connectivity index (χ1n) is 6.81. The van der Waals surface area contributed by atoms with Gasteiger partial charge in [-0.2, -0.15) is 0 Å². The number of carbonyl (C=O) groups excluding carboxylic acids is 2. The number of benzene rings is 1. The molecule has 1 rings (SSSR count). The monoisotopic (exact) mass is 308 g/mol. The van der Waals surface area contributed by atoms with Gasteiger partial charge >= 0.3 is 5.97 Å². The van der Waals surface area contributed by atoms with Crippen molar-refractivity contribution in [3.63, 3.8) is 0 Å². The van der Waals surface area contributed by atoms with Crippen LogP contribution in [-0.2, 0) is 9.59 Å². The van der Waals surface area contributed by atoms with Crippen molar-refractivity contribution in [3.8, 4) is 5.75 Å². The highest BCUT2D eigenvalue weighted by molar-refractivity contribution is 5.96. The number of ether oxygens (including phenoxy) is 1. The van der Waals surface area contributed by atoms with Gasteiger partial charge in [-0.1, -0.05) is 19.9 Å². The zero-order chi connectivity index (χ0) is 16.7. The average molecular weight is 308 g/mol. The van der Waals surface area contributed by atoms with Gasteiger partial charge in [-0.15, -0.1) is 0 Å². The number of carboxylic acid groups (broad SMARTS) is 1. The van der Waals surface area contributed by atoms with Crippen molar-refractivity contribution < 1.29 is 24.2 Å². The Balaban J connectivity index is 2.90. The summed E-state index contributed by atoms with van der Waals surface area (Å²) in [7, 11) is 0.